The van der Waals surface area contributed by atoms with Crippen molar-refractivity contribution in [2.75, 3.05) is 13.7 Å². The highest BCUT2D eigenvalue weighted by Gasteiger charge is 2.46. The number of rotatable bonds is 2. The molecule has 0 aromatic carbocycles. The van der Waals surface area contributed by atoms with Crippen molar-refractivity contribution in [3.8, 4) is 0 Å². The van der Waals surface area contributed by atoms with Gasteiger partial charge in [-0.25, -0.2) is 0 Å². The maximum Gasteiger partial charge on any atom is 0.392 e. The first-order valence-electron chi connectivity index (χ1n) is 4.65. The first kappa shape index (κ1) is 12.3. The Kier molecular flexibility index (Phi) is 4.25. The van der Waals surface area contributed by atoms with Gasteiger partial charge in [0, 0.05) is 18.5 Å². The molecule has 0 amide bonds. The summed E-state index contributed by atoms with van der Waals surface area (Å²) in [5.41, 5.74) is 0. The zero-order chi connectivity index (χ0) is 10.8. The van der Waals surface area contributed by atoms with E-state index < -0.39 is 18.0 Å². The van der Waals surface area contributed by atoms with E-state index in [0.29, 0.717) is 12.8 Å². The van der Waals surface area contributed by atoms with Crippen LogP contribution in [0.15, 0.2) is 0 Å². The van der Waals surface area contributed by atoms with Crippen LogP contribution in [0.5, 0.6) is 0 Å². The van der Waals surface area contributed by atoms with E-state index in [9.17, 15) is 13.2 Å². The Hall–Kier alpha value is 0.230. The van der Waals surface area contributed by atoms with Crippen LogP contribution in [0.4, 0.5) is 13.2 Å². The number of hydrogen-bond acceptors (Lipinski definition) is 1. The SMILES string of the molecule is COCC1CC(Br)CCC1C(F)(F)F. The Balaban J connectivity index is 2.62. The molecular formula is C9H14BrF3O. The molecule has 3 unspecified atom stereocenters. The first-order valence-corrected chi connectivity index (χ1v) is 5.56. The first-order chi connectivity index (χ1) is 6.45. The average molecular weight is 275 g/mol. The van der Waals surface area contributed by atoms with Gasteiger partial charge in [0.05, 0.1) is 5.92 Å². The Labute approximate surface area is 90.1 Å². The van der Waals surface area contributed by atoms with Crippen molar-refractivity contribution in [2.45, 2.75) is 30.3 Å². The van der Waals surface area contributed by atoms with Crippen molar-refractivity contribution in [3.63, 3.8) is 0 Å². The Morgan fingerprint density at radius 2 is 2.00 bits per heavy atom. The number of hydrogen-bond donors (Lipinski definition) is 0. The molecule has 3 atom stereocenters. The molecule has 0 aromatic heterocycles. The summed E-state index contributed by atoms with van der Waals surface area (Å²) in [6, 6.07) is 0. The molecule has 0 heterocycles. The third-order valence-electron chi connectivity index (χ3n) is 2.72. The van der Waals surface area contributed by atoms with Gasteiger partial charge in [0.25, 0.3) is 0 Å². The zero-order valence-electron chi connectivity index (χ0n) is 7.98. The van der Waals surface area contributed by atoms with Gasteiger partial charge in [-0.15, -0.1) is 0 Å². The van der Waals surface area contributed by atoms with Crippen LogP contribution in [0.1, 0.15) is 19.3 Å². The Bertz CT molecular complexity index is 183. The largest absolute Gasteiger partial charge is 0.392 e. The molecule has 0 aromatic rings. The van der Waals surface area contributed by atoms with Gasteiger partial charge in [-0.3, -0.25) is 0 Å². The molecule has 0 N–H and O–H groups in total. The number of ether oxygens (including phenoxy) is 1. The molecule has 1 aliphatic rings. The lowest BCUT2D eigenvalue weighted by Crippen LogP contribution is -2.37. The van der Waals surface area contributed by atoms with Crippen LogP contribution in [-0.4, -0.2) is 24.7 Å². The summed E-state index contributed by atoms with van der Waals surface area (Å²) in [6.07, 6.45) is -2.70. The third kappa shape index (κ3) is 3.12. The van der Waals surface area contributed by atoms with Crippen molar-refractivity contribution in [1.82, 2.24) is 0 Å². The fourth-order valence-corrected chi connectivity index (χ4v) is 2.78. The summed E-state index contributed by atoms with van der Waals surface area (Å²) in [7, 11) is 1.45. The van der Waals surface area contributed by atoms with E-state index in [1.54, 1.807) is 0 Å². The summed E-state index contributed by atoms with van der Waals surface area (Å²) >= 11 is 3.37. The second kappa shape index (κ2) is 4.84. The van der Waals surface area contributed by atoms with Crippen LogP contribution < -0.4 is 0 Å². The Morgan fingerprint density at radius 1 is 1.36 bits per heavy atom. The van der Waals surface area contributed by atoms with Crippen molar-refractivity contribution < 1.29 is 17.9 Å². The fourth-order valence-electron chi connectivity index (χ4n) is 2.04. The standard InChI is InChI=1S/C9H14BrF3O/c1-14-5-6-4-7(10)2-3-8(6)9(11,12)13/h6-8H,2-5H2,1H3. The van der Waals surface area contributed by atoms with Crippen LogP contribution >= 0.6 is 15.9 Å². The molecule has 0 radical (unpaired) electrons. The van der Waals surface area contributed by atoms with Gasteiger partial charge < -0.3 is 4.74 Å². The van der Waals surface area contributed by atoms with E-state index in [0.717, 1.165) is 0 Å². The monoisotopic (exact) mass is 274 g/mol. The van der Waals surface area contributed by atoms with E-state index in [-0.39, 0.29) is 17.9 Å². The third-order valence-corrected chi connectivity index (χ3v) is 3.55. The van der Waals surface area contributed by atoms with E-state index >= 15 is 0 Å². The second-order valence-electron chi connectivity index (χ2n) is 3.77. The highest BCUT2D eigenvalue weighted by molar-refractivity contribution is 9.09. The van der Waals surface area contributed by atoms with E-state index in [4.69, 9.17) is 4.74 Å². The van der Waals surface area contributed by atoms with Crippen molar-refractivity contribution >= 4 is 15.9 Å². The van der Waals surface area contributed by atoms with Crippen molar-refractivity contribution in [1.29, 1.82) is 0 Å². The molecule has 1 rings (SSSR count). The van der Waals surface area contributed by atoms with Gasteiger partial charge in [-0.2, -0.15) is 13.2 Å². The molecule has 1 saturated carbocycles. The summed E-state index contributed by atoms with van der Waals surface area (Å²) in [4.78, 5) is 0.209. The van der Waals surface area contributed by atoms with Gasteiger partial charge in [0.1, 0.15) is 0 Å². The quantitative estimate of drug-likeness (QED) is 0.702. The number of methoxy groups -OCH3 is 1. The van der Waals surface area contributed by atoms with Gasteiger partial charge in [-0.05, 0) is 25.2 Å². The molecule has 84 valence electrons. The molecule has 1 aliphatic carbocycles. The molecule has 0 spiro atoms. The molecule has 0 saturated heterocycles. The van der Waals surface area contributed by atoms with E-state index in [2.05, 4.69) is 15.9 Å². The van der Waals surface area contributed by atoms with Crippen LogP contribution in [0.25, 0.3) is 0 Å². The average Bonchev–Trinajstić information content (AvgIpc) is 2.02. The minimum Gasteiger partial charge on any atom is -0.384 e. The number of halogens is 4. The minimum atomic E-state index is -4.07. The Morgan fingerprint density at radius 3 is 2.50 bits per heavy atom. The van der Waals surface area contributed by atoms with Crippen LogP contribution in [0, 0.1) is 11.8 Å². The summed E-state index contributed by atoms with van der Waals surface area (Å²) in [5.74, 6) is -1.57. The lowest BCUT2D eigenvalue weighted by Gasteiger charge is -2.34. The lowest BCUT2D eigenvalue weighted by molar-refractivity contribution is -0.200. The molecular weight excluding hydrogens is 261 g/mol. The van der Waals surface area contributed by atoms with Gasteiger partial charge in [-0.1, -0.05) is 15.9 Å². The topological polar surface area (TPSA) is 9.23 Å². The predicted octanol–water partition coefficient (Wildman–Crippen LogP) is 3.37. The maximum absolute atomic E-state index is 12.6. The van der Waals surface area contributed by atoms with Crippen molar-refractivity contribution in [3.05, 3.63) is 0 Å². The molecule has 14 heavy (non-hydrogen) atoms. The van der Waals surface area contributed by atoms with Crippen LogP contribution in [-0.2, 0) is 4.74 Å². The summed E-state index contributed by atoms with van der Waals surface area (Å²) in [6.45, 7) is 0.201. The van der Waals surface area contributed by atoms with Gasteiger partial charge in [0.2, 0.25) is 0 Å². The summed E-state index contributed by atoms with van der Waals surface area (Å²) in [5, 5.41) is 0. The maximum atomic E-state index is 12.6. The highest BCUT2D eigenvalue weighted by Crippen LogP contribution is 2.43. The van der Waals surface area contributed by atoms with Gasteiger partial charge in [0.15, 0.2) is 0 Å². The predicted molar refractivity (Wildman–Crippen MR) is 51.5 cm³/mol. The second-order valence-corrected chi connectivity index (χ2v) is 5.07. The van der Waals surface area contributed by atoms with Crippen molar-refractivity contribution in [2.24, 2.45) is 11.8 Å². The van der Waals surface area contributed by atoms with Crippen LogP contribution in [0.3, 0.4) is 0 Å². The molecule has 5 heteroatoms. The normalized spacial score (nSPS) is 34.5. The highest BCUT2D eigenvalue weighted by atomic mass is 79.9. The van der Waals surface area contributed by atoms with E-state index in [1.807, 2.05) is 0 Å². The van der Waals surface area contributed by atoms with Crippen LogP contribution in [0.2, 0.25) is 0 Å². The molecule has 0 bridgehead atoms. The molecule has 0 aliphatic heterocycles. The fraction of sp³-hybridized carbons (Fsp3) is 1.00. The number of alkyl halides is 4. The van der Waals surface area contributed by atoms with Gasteiger partial charge >= 0.3 is 6.18 Å². The van der Waals surface area contributed by atoms with E-state index in [1.165, 1.54) is 7.11 Å². The summed E-state index contributed by atoms with van der Waals surface area (Å²) < 4.78 is 42.5. The smallest absolute Gasteiger partial charge is 0.384 e. The minimum absolute atomic E-state index is 0.201. The molecule has 1 nitrogen and oxygen atoms in total. The zero-order valence-corrected chi connectivity index (χ0v) is 9.57. The molecule has 1 fully saturated rings. The lowest BCUT2D eigenvalue weighted by atomic mass is 9.79.